The number of hydrogen-bond donors (Lipinski definition) is 1. The Morgan fingerprint density at radius 1 is 1.37 bits per heavy atom. The van der Waals surface area contributed by atoms with Crippen LogP contribution >= 0.6 is 27.5 Å². The molecule has 0 fully saturated rings. The lowest BCUT2D eigenvalue weighted by atomic mass is 10.3. The molecule has 0 unspecified atom stereocenters. The molecule has 1 heterocycles. The van der Waals surface area contributed by atoms with Gasteiger partial charge < -0.3 is 14.5 Å². The van der Waals surface area contributed by atoms with Crippen LogP contribution in [0.5, 0.6) is 5.75 Å². The first kappa shape index (κ1) is 14.3. The van der Waals surface area contributed by atoms with Crippen LogP contribution in [0, 0.1) is 0 Å². The second-order valence-corrected chi connectivity index (χ2v) is 5.30. The minimum atomic E-state index is 0.596. The lowest BCUT2D eigenvalue weighted by Crippen LogP contribution is -2.00. The zero-order valence-electron chi connectivity index (χ0n) is 10.6. The summed E-state index contributed by atoms with van der Waals surface area (Å²) in [6.07, 6.45) is 2.61. The fraction of sp³-hybridized carbons (Fsp3) is 0.286. The van der Waals surface area contributed by atoms with Gasteiger partial charge in [-0.05, 0) is 46.6 Å². The largest absolute Gasteiger partial charge is 0.492 e. The molecule has 102 valence electrons. The smallest absolute Gasteiger partial charge is 0.138 e. The summed E-state index contributed by atoms with van der Waals surface area (Å²) in [6.45, 7) is 3.33. The van der Waals surface area contributed by atoms with Crippen molar-refractivity contribution in [1.29, 1.82) is 0 Å². The van der Waals surface area contributed by atoms with Crippen LogP contribution in [0.4, 0.5) is 5.69 Å². The van der Waals surface area contributed by atoms with Crippen molar-refractivity contribution in [3.05, 3.63) is 45.8 Å². The minimum absolute atomic E-state index is 0.596. The number of halogens is 2. The maximum Gasteiger partial charge on any atom is 0.138 e. The molecule has 0 amide bonds. The number of furan rings is 1. The Kier molecular flexibility index (Phi) is 5.16. The molecule has 0 bridgehead atoms. The molecule has 19 heavy (non-hydrogen) atoms. The number of nitrogens with one attached hydrogen (secondary N) is 1. The summed E-state index contributed by atoms with van der Waals surface area (Å²) in [5.74, 6) is 1.57. The van der Waals surface area contributed by atoms with Gasteiger partial charge in [0.15, 0.2) is 0 Å². The number of ether oxygens (including phenoxy) is 1. The van der Waals surface area contributed by atoms with Crippen LogP contribution < -0.4 is 10.1 Å². The maximum atomic E-state index is 6.16. The number of anilines is 1. The summed E-state index contributed by atoms with van der Waals surface area (Å²) in [6, 6.07) is 7.53. The lowest BCUT2D eigenvalue weighted by molar-refractivity contribution is 0.317. The number of hydrogen-bond acceptors (Lipinski definition) is 3. The first-order valence-electron chi connectivity index (χ1n) is 6.08. The quantitative estimate of drug-likeness (QED) is 0.792. The Morgan fingerprint density at radius 2 is 2.21 bits per heavy atom. The van der Waals surface area contributed by atoms with Crippen LogP contribution in [0.3, 0.4) is 0 Å². The van der Waals surface area contributed by atoms with Gasteiger partial charge in [0.1, 0.15) is 11.5 Å². The Morgan fingerprint density at radius 3 is 2.84 bits per heavy atom. The van der Waals surface area contributed by atoms with E-state index in [4.69, 9.17) is 20.8 Å². The standard InChI is InChI=1S/C14H15BrClNO2/c1-2-6-18-13-4-3-10(8-12(13)16)17-9-14-11(15)5-7-19-14/h3-5,7-8,17H,2,6,9H2,1H3. The van der Waals surface area contributed by atoms with Gasteiger partial charge in [0, 0.05) is 5.69 Å². The van der Waals surface area contributed by atoms with Gasteiger partial charge in [0.2, 0.25) is 0 Å². The summed E-state index contributed by atoms with van der Waals surface area (Å²) >= 11 is 9.57. The van der Waals surface area contributed by atoms with E-state index in [1.165, 1.54) is 0 Å². The molecule has 0 saturated carbocycles. The Hall–Kier alpha value is -1.13. The van der Waals surface area contributed by atoms with Gasteiger partial charge in [-0.15, -0.1) is 0 Å². The van der Waals surface area contributed by atoms with Crippen LogP contribution in [0.2, 0.25) is 5.02 Å². The zero-order chi connectivity index (χ0) is 13.7. The van der Waals surface area contributed by atoms with Gasteiger partial charge in [-0.1, -0.05) is 18.5 Å². The second-order valence-electron chi connectivity index (χ2n) is 4.04. The van der Waals surface area contributed by atoms with E-state index in [9.17, 15) is 0 Å². The van der Waals surface area contributed by atoms with E-state index in [0.717, 1.165) is 22.3 Å². The predicted molar refractivity (Wildman–Crippen MR) is 81.0 cm³/mol. The molecule has 0 aliphatic carbocycles. The molecule has 0 atom stereocenters. The van der Waals surface area contributed by atoms with Gasteiger partial charge in [-0.3, -0.25) is 0 Å². The van der Waals surface area contributed by atoms with E-state index in [-0.39, 0.29) is 0 Å². The Labute approximate surface area is 126 Å². The second kappa shape index (κ2) is 6.87. The molecule has 0 saturated heterocycles. The number of benzene rings is 1. The predicted octanol–water partition coefficient (Wildman–Crippen LogP) is 5.10. The molecule has 2 aromatic rings. The molecule has 0 radical (unpaired) electrons. The highest BCUT2D eigenvalue weighted by atomic mass is 79.9. The normalized spacial score (nSPS) is 10.5. The van der Waals surface area contributed by atoms with Gasteiger partial charge in [0.25, 0.3) is 0 Å². The van der Waals surface area contributed by atoms with Gasteiger partial charge >= 0.3 is 0 Å². The van der Waals surface area contributed by atoms with E-state index in [0.29, 0.717) is 23.9 Å². The molecular weight excluding hydrogens is 330 g/mol. The van der Waals surface area contributed by atoms with Crippen LogP contribution in [0.25, 0.3) is 0 Å². The van der Waals surface area contributed by atoms with Crippen molar-refractivity contribution in [2.75, 3.05) is 11.9 Å². The fourth-order valence-electron chi connectivity index (χ4n) is 1.57. The summed E-state index contributed by atoms with van der Waals surface area (Å²) in [4.78, 5) is 0. The minimum Gasteiger partial charge on any atom is -0.492 e. The molecule has 1 N–H and O–H groups in total. The zero-order valence-corrected chi connectivity index (χ0v) is 12.9. The molecule has 0 aliphatic rings. The molecule has 1 aromatic carbocycles. The molecule has 3 nitrogen and oxygen atoms in total. The van der Waals surface area contributed by atoms with Crippen molar-refractivity contribution in [3.63, 3.8) is 0 Å². The highest BCUT2D eigenvalue weighted by molar-refractivity contribution is 9.10. The monoisotopic (exact) mass is 343 g/mol. The Bertz CT molecular complexity index is 542. The third-order valence-electron chi connectivity index (χ3n) is 2.54. The topological polar surface area (TPSA) is 34.4 Å². The summed E-state index contributed by atoms with van der Waals surface area (Å²) < 4.78 is 11.8. The molecule has 0 spiro atoms. The van der Waals surface area contributed by atoms with Crippen molar-refractivity contribution >= 4 is 33.2 Å². The molecule has 5 heteroatoms. The van der Waals surface area contributed by atoms with Crippen LogP contribution in [-0.2, 0) is 6.54 Å². The fourth-order valence-corrected chi connectivity index (χ4v) is 2.15. The van der Waals surface area contributed by atoms with Gasteiger partial charge in [0.05, 0.1) is 28.9 Å². The summed E-state index contributed by atoms with van der Waals surface area (Å²) in [5.41, 5.74) is 0.928. The van der Waals surface area contributed by atoms with Crippen molar-refractivity contribution in [2.45, 2.75) is 19.9 Å². The Balaban J connectivity index is 1.98. The number of rotatable bonds is 6. The third kappa shape index (κ3) is 3.91. The van der Waals surface area contributed by atoms with Crippen molar-refractivity contribution in [2.24, 2.45) is 0 Å². The molecule has 1 aromatic heterocycles. The highest BCUT2D eigenvalue weighted by Gasteiger charge is 2.05. The SMILES string of the molecule is CCCOc1ccc(NCc2occc2Br)cc1Cl. The maximum absolute atomic E-state index is 6.16. The van der Waals surface area contributed by atoms with Crippen LogP contribution in [0.15, 0.2) is 39.4 Å². The summed E-state index contributed by atoms with van der Waals surface area (Å²) in [5, 5.41) is 3.86. The lowest BCUT2D eigenvalue weighted by Gasteiger charge is -2.10. The van der Waals surface area contributed by atoms with E-state index in [1.807, 2.05) is 24.3 Å². The third-order valence-corrected chi connectivity index (χ3v) is 3.54. The molecular formula is C14H15BrClNO2. The van der Waals surface area contributed by atoms with E-state index < -0.39 is 0 Å². The highest BCUT2D eigenvalue weighted by Crippen LogP contribution is 2.28. The molecule has 0 aliphatic heterocycles. The van der Waals surface area contributed by atoms with E-state index in [2.05, 4.69) is 28.2 Å². The van der Waals surface area contributed by atoms with Crippen molar-refractivity contribution < 1.29 is 9.15 Å². The van der Waals surface area contributed by atoms with Crippen LogP contribution in [0.1, 0.15) is 19.1 Å². The van der Waals surface area contributed by atoms with Gasteiger partial charge in [-0.25, -0.2) is 0 Å². The van der Waals surface area contributed by atoms with Crippen molar-refractivity contribution in [3.8, 4) is 5.75 Å². The average molecular weight is 345 g/mol. The summed E-state index contributed by atoms with van der Waals surface area (Å²) in [7, 11) is 0. The van der Waals surface area contributed by atoms with Crippen LogP contribution in [-0.4, -0.2) is 6.61 Å². The first-order chi connectivity index (χ1) is 9.20. The van der Waals surface area contributed by atoms with Gasteiger partial charge in [-0.2, -0.15) is 0 Å². The van der Waals surface area contributed by atoms with E-state index >= 15 is 0 Å². The van der Waals surface area contributed by atoms with Crippen molar-refractivity contribution in [1.82, 2.24) is 0 Å². The van der Waals surface area contributed by atoms with E-state index in [1.54, 1.807) is 6.26 Å². The average Bonchev–Trinajstić information content (AvgIpc) is 2.81. The first-order valence-corrected chi connectivity index (χ1v) is 7.26. The molecule has 2 rings (SSSR count).